The molecule has 84 valence electrons. The van der Waals surface area contributed by atoms with Crippen molar-refractivity contribution in [3.63, 3.8) is 0 Å². The van der Waals surface area contributed by atoms with Gasteiger partial charge in [0.2, 0.25) is 5.91 Å². The van der Waals surface area contributed by atoms with E-state index in [4.69, 9.17) is 0 Å². The predicted molar refractivity (Wildman–Crippen MR) is 58.1 cm³/mol. The van der Waals surface area contributed by atoms with E-state index in [2.05, 4.69) is 24.2 Å². The van der Waals surface area contributed by atoms with Crippen molar-refractivity contribution >= 4 is 5.91 Å². The number of rotatable bonds is 1. The van der Waals surface area contributed by atoms with E-state index in [1.165, 1.54) is 12.8 Å². The number of carbonyl (C=O) groups is 1. The Morgan fingerprint density at radius 2 is 2.27 bits per heavy atom. The molecule has 1 heterocycles. The second kappa shape index (κ2) is 3.21. The van der Waals surface area contributed by atoms with Crippen LogP contribution in [0.2, 0.25) is 0 Å². The van der Waals surface area contributed by atoms with E-state index in [1.807, 2.05) is 0 Å². The van der Waals surface area contributed by atoms with Gasteiger partial charge in [0.25, 0.3) is 0 Å². The highest BCUT2D eigenvalue weighted by Gasteiger charge is 2.55. The van der Waals surface area contributed by atoms with E-state index >= 15 is 0 Å². The van der Waals surface area contributed by atoms with Gasteiger partial charge >= 0.3 is 0 Å². The number of hydrogen-bond acceptors (Lipinski definition) is 2. The lowest BCUT2D eigenvalue weighted by molar-refractivity contribution is -0.134. The lowest BCUT2D eigenvalue weighted by Gasteiger charge is -2.45. The summed E-state index contributed by atoms with van der Waals surface area (Å²) in [7, 11) is 2.19. The molecule has 1 amide bonds. The van der Waals surface area contributed by atoms with Crippen molar-refractivity contribution in [2.75, 3.05) is 7.05 Å². The molecule has 5 atom stereocenters. The van der Waals surface area contributed by atoms with Crippen molar-refractivity contribution < 1.29 is 4.79 Å². The Kier molecular flexibility index (Phi) is 2.06. The van der Waals surface area contributed by atoms with Gasteiger partial charge in [0.05, 0.1) is 12.1 Å². The van der Waals surface area contributed by atoms with E-state index < -0.39 is 0 Å². The first kappa shape index (κ1) is 9.64. The molecular weight excluding hydrogens is 188 g/mol. The topological polar surface area (TPSA) is 32.3 Å². The van der Waals surface area contributed by atoms with Gasteiger partial charge < -0.3 is 5.32 Å². The number of hydrogen-bond donors (Lipinski definition) is 1. The number of nitrogens with one attached hydrogen (secondary N) is 1. The van der Waals surface area contributed by atoms with Gasteiger partial charge in [-0.05, 0) is 44.6 Å². The van der Waals surface area contributed by atoms with E-state index in [-0.39, 0.29) is 12.1 Å². The second-order valence-corrected chi connectivity index (χ2v) is 5.43. The molecule has 3 fully saturated rings. The maximum Gasteiger partial charge on any atom is 0.225 e. The van der Waals surface area contributed by atoms with E-state index in [0.29, 0.717) is 11.9 Å². The van der Waals surface area contributed by atoms with Gasteiger partial charge in [0.15, 0.2) is 0 Å². The first-order valence-corrected chi connectivity index (χ1v) is 6.24. The summed E-state index contributed by atoms with van der Waals surface area (Å²) in [6, 6.07) is 0.544. The lowest BCUT2D eigenvalue weighted by atomic mass is 9.74. The quantitative estimate of drug-likeness (QED) is 0.702. The van der Waals surface area contributed by atoms with Crippen LogP contribution >= 0.6 is 0 Å². The van der Waals surface area contributed by atoms with Crippen molar-refractivity contribution in [1.82, 2.24) is 10.2 Å². The molecule has 0 radical (unpaired) electrons. The highest BCUT2D eigenvalue weighted by atomic mass is 16.2. The SMILES string of the molecule is CCC1NC(=O)C2CC3CCC3C2N1C. The Hall–Kier alpha value is -0.570. The molecule has 1 saturated heterocycles. The van der Waals surface area contributed by atoms with Crippen LogP contribution in [-0.2, 0) is 4.79 Å². The van der Waals surface area contributed by atoms with Crippen LogP contribution in [-0.4, -0.2) is 30.1 Å². The van der Waals surface area contributed by atoms with Crippen molar-refractivity contribution in [3.8, 4) is 0 Å². The van der Waals surface area contributed by atoms with Crippen LogP contribution in [0, 0.1) is 17.8 Å². The Balaban J connectivity index is 1.86. The molecule has 1 aliphatic heterocycles. The fourth-order valence-corrected chi connectivity index (χ4v) is 3.92. The average Bonchev–Trinajstić information content (AvgIpc) is 2.45. The predicted octanol–water partition coefficient (Wildman–Crippen LogP) is 1.20. The summed E-state index contributed by atoms with van der Waals surface area (Å²) >= 11 is 0. The maximum atomic E-state index is 12.0. The van der Waals surface area contributed by atoms with E-state index in [1.54, 1.807) is 0 Å². The molecule has 15 heavy (non-hydrogen) atoms. The fourth-order valence-electron chi connectivity index (χ4n) is 3.92. The molecule has 5 unspecified atom stereocenters. The van der Waals surface area contributed by atoms with Crippen molar-refractivity contribution in [2.24, 2.45) is 17.8 Å². The monoisotopic (exact) mass is 208 g/mol. The minimum absolute atomic E-state index is 0.276. The highest BCUT2D eigenvalue weighted by Crippen LogP contribution is 2.52. The van der Waals surface area contributed by atoms with Gasteiger partial charge in [-0.25, -0.2) is 0 Å². The zero-order valence-corrected chi connectivity index (χ0v) is 9.57. The van der Waals surface area contributed by atoms with Crippen LogP contribution in [0.15, 0.2) is 0 Å². The highest BCUT2D eigenvalue weighted by molar-refractivity contribution is 5.81. The van der Waals surface area contributed by atoms with Crippen molar-refractivity contribution in [2.45, 2.75) is 44.8 Å². The van der Waals surface area contributed by atoms with Gasteiger partial charge in [-0.2, -0.15) is 0 Å². The number of nitrogens with zero attached hydrogens (tertiary/aromatic N) is 1. The molecule has 2 saturated carbocycles. The summed E-state index contributed by atoms with van der Waals surface area (Å²) in [4.78, 5) is 14.4. The molecular formula is C12H20N2O. The first-order valence-electron chi connectivity index (χ1n) is 6.24. The summed E-state index contributed by atoms with van der Waals surface area (Å²) in [6.45, 7) is 2.15. The van der Waals surface area contributed by atoms with E-state index in [0.717, 1.165) is 24.7 Å². The van der Waals surface area contributed by atoms with E-state index in [9.17, 15) is 4.79 Å². The van der Waals surface area contributed by atoms with Crippen LogP contribution in [0.1, 0.15) is 32.6 Å². The van der Waals surface area contributed by atoms with Gasteiger partial charge in [-0.15, -0.1) is 0 Å². The summed E-state index contributed by atoms with van der Waals surface area (Å²) in [5.41, 5.74) is 0. The van der Waals surface area contributed by atoms with Gasteiger partial charge in [0.1, 0.15) is 0 Å². The third-order valence-corrected chi connectivity index (χ3v) is 4.88. The average molecular weight is 208 g/mol. The summed E-state index contributed by atoms with van der Waals surface area (Å²) in [5.74, 6) is 2.28. The molecule has 0 spiro atoms. The Morgan fingerprint density at radius 3 is 2.87 bits per heavy atom. The molecule has 3 aliphatic rings. The van der Waals surface area contributed by atoms with Gasteiger partial charge in [0, 0.05) is 6.04 Å². The van der Waals surface area contributed by atoms with Crippen molar-refractivity contribution in [3.05, 3.63) is 0 Å². The Morgan fingerprint density at radius 1 is 1.47 bits per heavy atom. The first-order chi connectivity index (χ1) is 7.22. The maximum absolute atomic E-state index is 12.0. The minimum atomic E-state index is 0.276. The zero-order chi connectivity index (χ0) is 10.6. The third kappa shape index (κ3) is 1.19. The summed E-state index contributed by atoms with van der Waals surface area (Å²) in [6.07, 6.45) is 5.14. The molecule has 3 nitrogen and oxygen atoms in total. The number of fused-ring (bicyclic) bond motifs is 3. The van der Waals surface area contributed by atoms with Crippen LogP contribution in [0.25, 0.3) is 0 Å². The Labute approximate surface area is 91.2 Å². The smallest absolute Gasteiger partial charge is 0.225 e. The summed E-state index contributed by atoms with van der Waals surface area (Å²) in [5, 5.41) is 3.14. The van der Waals surface area contributed by atoms with Gasteiger partial charge in [-0.1, -0.05) is 6.92 Å². The normalized spacial score (nSPS) is 49.2. The fraction of sp³-hybridized carbons (Fsp3) is 0.917. The second-order valence-electron chi connectivity index (χ2n) is 5.43. The van der Waals surface area contributed by atoms with Crippen LogP contribution in [0.5, 0.6) is 0 Å². The number of carbonyl (C=O) groups excluding carboxylic acids is 1. The molecule has 3 rings (SSSR count). The van der Waals surface area contributed by atoms with Crippen LogP contribution in [0.3, 0.4) is 0 Å². The lowest BCUT2D eigenvalue weighted by Crippen LogP contribution is -2.61. The molecule has 0 aromatic rings. The van der Waals surface area contributed by atoms with Crippen molar-refractivity contribution in [1.29, 1.82) is 0 Å². The Bertz CT molecular complexity index is 291. The zero-order valence-electron chi connectivity index (χ0n) is 9.57. The molecule has 2 aliphatic carbocycles. The van der Waals surface area contributed by atoms with Crippen LogP contribution < -0.4 is 5.32 Å². The molecule has 1 N–H and O–H groups in total. The van der Waals surface area contributed by atoms with Gasteiger partial charge in [-0.3, -0.25) is 9.69 Å². The molecule has 3 heteroatoms. The minimum Gasteiger partial charge on any atom is -0.340 e. The standard InChI is InChI=1S/C12H20N2O/c1-3-10-13-12(15)9-6-7-4-5-8(7)11(9)14(10)2/h7-11H,3-6H2,1-2H3,(H,13,15). The molecule has 0 aromatic carbocycles. The largest absolute Gasteiger partial charge is 0.340 e. The molecule has 0 aromatic heterocycles. The van der Waals surface area contributed by atoms with Crippen LogP contribution in [0.4, 0.5) is 0 Å². The summed E-state index contributed by atoms with van der Waals surface area (Å²) < 4.78 is 0. The number of amides is 1. The molecule has 0 bridgehead atoms. The third-order valence-electron chi connectivity index (χ3n) is 4.88.